The van der Waals surface area contributed by atoms with Crippen LogP contribution in [0.25, 0.3) is 10.9 Å². The molecule has 0 saturated carbocycles. The molecule has 0 aliphatic carbocycles. The Morgan fingerprint density at radius 2 is 2.18 bits per heavy atom. The summed E-state index contributed by atoms with van der Waals surface area (Å²) >= 11 is 0. The lowest BCUT2D eigenvalue weighted by atomic mass is 10.0. The number of carbonyl (C=O) groups excluding carboxylic acids is 1. The van der Waals surface area contributed by atoms with E-state index in [0.717, 1.165) is 17.3 Å². The number of pyridine rings is 1. The molecule has 0 bridgehead atoms. The van der Waals surface area contributed by atoms with Gasteiger partial charge in [-0.2, -0.15) is 0 Å². The van der Waals surface area contributed by atoms with Crippen LogP contribution in [0.15, 0.2) is 30.5 Å². The van der Waals surface area contributed by atoms with E-state index in [1.165, 1.54) is 24.6 Å². The third-order valence-corrected chi connectivity index (χ3v) is 2.85. The van der Waals surface area contributed by atoms with Gasteiger partial charge in [-0.05, 0) is 36.6 Å². The lowest BCUT2D eigenvalue weighted by Gasteiger charge is -2.03. The van der Waals surface area contributed by atoms with Gasteiger partial charge in [0.15, 0.2) is 0 Å². The number of aromatic nitrogens is 1. The summed E-state index contributed by atoms with van der Waals surface area (Å²) in [7, 11) is 0. The van der Waals surface area contributed by atoms with E-state index in [1.54, 1.807) is 6.07 Å². The SMILES string of the molecule is CCCCc1ccc2ncc(C(N)=O)cc2c1. The van der Waals surface area contributed by atoms with Crippen LogP contribution in [0, 0.1) is 0 Å². The minimum atomic E-state index is -0.432. The lowest BCUT2D eigenvalue weighted by molar-refractivity contribution is 0.1000. The monoisotopic (exact) mass is 228 g/mol. The highest BCUT2D eigenvalue weighted by atomic mass is 16.1. The molecule has 88 valence electrons. The summed E-state index contributed by atoms with van der Waals surface area (Å²) in [6.45, 7) is 2.17. The molecule has 0 radical (unpaired) electrons. The number of aryl methyl sites for hydroxylation is 1. The Kier molecular flexibility index (Phi) is 3.38. The quantitative estimate of drug-likeness (QED) is 0.874. The average Bonchev–Trinajstić information content (AvgIpc) is 2.35. The molecule has 0 unspecified atom stereocenters. The van der Waals surface area contributed by atoms with Crippen LogP contribution in [0.2, 0.25) is 0 Å². The smallest absolute Gasteiger partial charge is 0.250 e. The normalized spacial score (nSPS) is 10.6. The number of primary amides is 1. The molecule has 0 aliphatic heterocycles. The molecule has 3 nitrogen and oxygen atoms in total. The van der Waals surface area contributed by atoms with Gasteiger partial charge in [-0.3, -0.25) is 9.78 Å². The summed E-state index contributed by atoms with van der Waals surface area (Å²) in [4.78, 5) is 15.3. The minimum Gasteiger partial charge on any atom is -0.366 e. The Morgan fingerprint density at radius 3 is 2.88 bits per heavy atom. The first kappa shape index (κ1) is 11.6. The second-order valence-electron chi connectivity index (χ2n) is 4.22. The number of rotatable bonds is 4. The Morgan fingerprint density at radius 1 is 1.35 bits per heavy atom. The highest BCUT2D eigenvalue weighted by Gasteiger charge is 2.03. The largest absolute Gasteiger partial charge is 0.366 e. The number of hydrogen-bond acceptors (Lipinski definition) is 2. The molecule has 0 atom stereocenters. The van der Waals surface area contributed by atoms with Crippen LogP contribution in [0.4, 0.5) is 0 Å². The van der Waals surface area contributed by atoms with Crippen LogP contribution >= 0.6 is 0 Å². The molecule has 0 spiro atoms. The summed E-state index contributed by atoms with van der Waals surface area (Å²) < 4.78 is 0. The maximum Gasteiger partial charge on any atom is 0.250 e. The van der Waals surface area contributed by atoms with E-state index in [2.05, 4.69) is 24.0 Å². The van der Waals surface area contributed by atoms with Crippen molar-refractivity contribution in [2.24, 2.45) is 5.73 Å². The van der Waals surface area contributed by atoms with E-state index in [-0.39, 0.29) is 0 Å². The van der Waals surface area contributed by atoms with E-state index in [9.17, 15) is 4.79 Å². The van der Waals surface area contributed by atoms with Gasteiger partial charge in [-0.15, -0.1) is 0 Å². The first-order chi connectivity index (χ1) is 8.20. The number of fused-ring (bicyclic) bond motifs is 1. The highest BCUT2D eigenvalue weighted by Crippen LogP contribution is 2.16. The van der Waals surface area contributed by atoms with Crippen molar-refractivity contribution >= 4 is 16.8 Å². The first-order valence-corrected chi connectivity index (χ1v) is 5.89. The van der Waals surface area contributed by atoms with Crippen molar-refractivity contribution in [1.29, 1.82) is 0 Å². The molecule has 0 saturated heterocycles. The fourth-order valence-electron chi connectivity index (χ4n) is 1.85. The first-order valence-electron chi connectivity index (χ1n) is 5.89. The number of hydrogen-bond donors (Lipinski definition) is 1. The number of carbonyl (C=O) groups is 1. The van der Waals surface area contributed by atoms with Gasteiger partial charge < -0.3 is 5.73 Å². The van der Waals surface area contributed by atoms with Crippen LogP contribution in [0.1, 0.15) is 35.7 Å². The number of amides is 1. The summed E-state index contributed by atoms with van der Waals surface area (Å²) in [6, 6.07) is 7.98. The molecule has 3 heteroatoms. The zero-order valence-corrected chi connectivity index (χ0v) is 9.94. The lowest BCUT2D eigenvalue weighted by Crippen LogP contribution is -2.11. The van der Waals surface area contributed by atoms with Gasteiger partial charge in [0.2, 0.25) is 5.91 Å². The third-order valence-electron chi connectivity index (χ3n) is 2.85. The van der Waals surface area contributed by atoms with Crippen LogP contribution in [0.5, 0.6) is 0 Å². The van der Waals surface area contributed by atoms with Crippen molar-refractivity contribution in [3.8, 4) is 0 Å². The fourth-order valence-corrected chi connectivity index (χ4v) is 1.85. The van der Waals surface area contributed by atoms with Gasteiger partial charge in [0, 0.05) is 11.6 Å². The average molecular weight is 228 g/mol. The molecule has 0 aliphatic rings. The van der Waals surface area contributed by atoms with Crippen LogP contribution < -0.4 is 5.73 Å². The Bertz CT molecular complexity index is 549. The van der Waals surface area contributed by atoms with E-state index in [1.807, 2.05) is 6.07 Å². The van der Waals surface area contributed by atoms with E-state index in [0.29, 0.717) is 5.56 Å². The van der Waals surface area contributed by atoms with E-state index in [4.69, 9.17) is 5.73 Å². The van der Waals surface area contributed by atoms with Crippen molar-refractivity contribution in [2.75, 3.05) is 0 Å². The van der Waals surface area contributed by atoms with Gasteiger partial charge in [0.25, 0.3) is 0 Å². The van der Waals surface area contributed by atoms with Crippen molar-refractivity contribution in [2.45, 2.75) is 26.2 Å². The van der Waals surface area contributed by atoms with E-state index >= 15 is 0 Å². The van der Waals surface area contributed by atoms with Gasteiger partial charge in [-0.25, -0.2) is 0 Å². The van der Waals surface area contributed by atoms with Gasteiger partial charge in [0.1, 0.15) is 0 Å². The minimum absolute atomic E-state index is 0.432. The molecule has 1 amide bonds. The van der Waals surface area contributed by atoms with Crippen LogP contribution in [-0.4, -0.2) is 10.9 Å². The maximum absolute atomic E-state index is 11.1. The van der Waals surface area contributed by atoms with Crippen LogP contribution in [0.3, 0.4) is 0 Å². The summed E-state index contributed by atoms with van der Waals surface area (Å²) in [5.41, 5.74) is 7.89. The highest BCUT2D eigenvalue weighted by molar-refractivity contribution is 5.96. The Labute approximate surface area is 101 Å². The predicted octanol–water partition coefficient (Wildman–Crippen LogP) is 2.68. The molecule has 2 N–H and O–H groups in total. The fraction of sp³-hybridized carbons (Fsp3) is 0.286. The van der Waals surface area contributed by atoms with Crippen molar-refractivity contribution in [1.82, 2.24) is 4.98 Å². The van der Waals surface area contributed by atoms with Crippen molar-refractivity contribution in [3.63, 3.8) is 0 Å². The number of nitrogens with zero attached hydrogens (tertiary/aromatic N) is 1. The van der Waals surface area contributed by atoms with Gasteiger partial charge in [0.05, 0.1) is 11.1 Å². The molecule has 0 fully saturated rings. The van der Waals surface area contributed by atoms with Gasteiger partial charge in [-0.1, -0.05) is 19.4 Å². The topological polar surface area (TPSA) is 56.0 Å². The Hall–Kier alpha value is -1.90. The van der Waals surface area contributed by atoms with Gasteiger partial charge >= 0.3 is 0 Å². The second kappa shape index (κ2) is 4.95. The predicted molar refractivity (Wildman–Crippen MR) is 68.9 cm³/mol. The second-order valence-corrected chi connectivity index (χ2v) is 4.22. The standard InChI is InChI=1S/C14H16N2O/c1-2-3-4-10-5-6-13-11(7-10)8-12(9-16-13)14(15)17/h5-9H,2-4H2,1H3,(H2,15,17). The Balaban J connectivity index is 2.39. The van der Waals surface area contributed by atoms with Crippen molar-refractivity contribution < 1.29 is 4.79 Å². The van der Waals surface area contributed by atoms with Crippen molar-refractivity contribution in [3.05, 3.63) is 41.6 Å². The molecular weight excluding hydrogens is 212 g/mol. The molecule has 2 rings (SSSR count). The van der Waals surface area contributed by atoms with E-state index < -0.39 is 5.91 Å². The maximum atomic E-state index is 11.1. The molecular formula is C14H16N2O. The molecule has 2 aromatic rings. The number of unbranched alkanes of at least 4 members (excludes halogenated alkanes) is 1. The zero-order chi connectivity index (χ0) is 12.3. The number of nitrogens with two attached hydrogens (primary N) is 1. The molecule has 1 aromatic heterocycles. The summed E-state index contributed by atoms with van der Waals surface area (Å²) in [6.07, 6.45) is 4.94. The number of benzene rings is 1. The molecule has 1 aromatic carbocycles. The summed E-state index contributed by atoms with van der Waals surface area (Å²) in [5.74, 6) is -0.432. The summed E-state index contributed by atoms with van der Waals surface area (Å²) in [5, 5.41) is 0.981. The third kappa shape index (κ3) is 2.61. The molecule has 17 heavy (non-hydrogen) atoms. The van der Waals surface area contributed by atoms with Crippen LogP contribution in [-0.2, 0) is 6.42 Å². The molecule has 1 heterocycles. The zero-order valence-electron chi connectivity index (χ0n) is 9.94.